The normalized spacial score (nSPS) is 30.8. The quantitative estimate of drug-likeness (QED) is 0.586. The monoisotopic (exact) mass is 195 g/mol. The molecule has 2 unspecified atom stereocenters. The number of rotatable bonds is 3. The lowest BCUT2D eigenvalue weighted by Crippen LogP contribution is -2.43. The third-order valence-corrected chi connectivity index (χ3v) is 3.18. The van der Waals surface area contributed by atoms with Gasteiger partial charge < -0.3 is 9.84 Å². The van der Waals surface area contributed by atoms with Gasteiger partial charge in [0.15, 0.2) is 0 Å². The van der Waals surface area contributed by atoms with Gasteiger partial charge in [0.05, 0.1) is 31.1 Å². The molecule has 72 valence electrons. The van der Waals surface area contributed by atoms with E-state index >= 15 is 0 Å². The summed E-state index contributed by atoms with van der Waals surface area (Å²) in [5, 5.41) is 9.20. The average molecular weight is 195 g/mol. The number of hydrogen-bond donors (Lipinski definition) is 2. The summed E-state index contributed by atoms with van der Waals surface area (Å²) in [6.45, 7) is 2.00. The van der Waals surface area contributed by atoms with Gasteiger partial charge in [0.1, 0.15) is 0 Å². The van der Waals surface area contributed by atoms with E-state index in [0.29, 0.717) is 0 Å². The molecule has 1 rings (SSSR count). The molecule has 2 N–H and O–H groups in total. The predicted molar refractivity (Wildman–Crippen MR) is 43.2 cm³/mol. The van der Waals surface area contributed by atoms with Crippen molar-refractivity contribution in [3.8, 4) is 0 Å². The molecule has 6 heteroatoms. The van der Waals surface area contributed by atoms with Crippen LogP contribution in [-0.4, -0.2) is 44.6 Å². The van der Waals surface area contributed by atoms with Gasteiger partial charge in [-0.3, -0.25) is 0 Å². The van der Waals surface area contributed by atoms with Crippen LogP contribution in [-0.2, 0) is 14.8 Å². The highest BCUT2D eigenvalue weighted by molar-refractivity contribution is 7.89. The maximum Gasteiger partial charge on any atom is 0.211 e. The fourth-order valence-electron chi connectivity index (χ4n) is 0.970. The summed E-state index contributed by atoms with van der Waals surface area (Å²) in [6, 6.07) is -0.477. The van der Waals surface area contributed by atoms with Crippen LogP contribution in [0.25, 0.3) is 0 Å². The van der Waals surface area contributed by atoms with Gasteiger partial charge in [0, 0.05) is 0 Å². The van der Waals surface area contributed by atoms with Crippen molar-refractivity contribution in [3.05, 3.63) is 0 Å². The summed E-state index contributed by atoms with van der Waals surface area (Å²) in [5.41, 5.74) is 0. The number of sulfonamides is 1. The Morgan fingerprint density at radius 1 is 1.58 bits per heavy atom. The molecule has 0 radical (unpaired) electrons. The van der Waals surface area contributed by atoms with Crippen molar-refractivity contribution in [1.82, 2.24) is 4.72 Å². The Labute approximate surface area is 71.8 Å². The second-order valence-electron chi connectivity index (χ2n) is 2.73. The second kappa shape index (κ2) is 3.69. The van der Waals surface area contributed by atoms with Crippen LogP contribution in [0.2, 0.25) is 0 Å². The number of nitrogens with one attached hydrogen (secondary N) is 1. The first-order valence-electron chi connectivity index (χ1n) is 3.81. The van der Waals surface area contributed by atoms with Crippen LogP contribution in [0.15, 0.2) is 0 Å². The molecule has 0 bridgehead atoms. The van der Waals surface area contributed by atoms with Crippen molar-refractivity contribution < 1.29 is 18.3 Å². The largest absolute Gasteiger partial charge is 0.389 e. The third-order valence-electron chi connectivity index (χ3n) is 1.76. The van der Waals surface area contributed by atoms with Gasteiger partial charge in [-0.25, -0.2) is 13.1 Å². The lowest BCUT2D eigenvalue weighted by atomic mass is 10.2. The van der Waals surface area contributed by atoms with E-state index in [1.165, 1.54) is 0 Å². The molecule has 1 fully saturated rings. The summed E-state index contributed by atoms with van der Waals surface area (Å²) >= 11 is 0. The summed E-state index contributed by atoms with van der Waals surface area (Å²) in [4.78, 5) is 0. The minimum atomic E-state index is -3.23. The fraction of sp³-hybridized carbons (Fsp3) is 1.00. The fourth-order valence-corrected chi connectivity index (χ4v) is 1.82. The number of ether oxygens (including phenoxy) is 1. The number of aliphatic hydroxyl groups excluding tert-OH is 1. The molecule has 1 heterocycles. The first-order chi connectivity index (χ1) is 5.55. The summed E-state index contributed by atoms with van der Waals surface area (Å²) in [5.74, 6) is 0.0240. The van der Waals surface area contributed by atoms with Crippen molar-refractivity contribution >= 4 is 10.0 Å². The lowest BCUT2D eigenvalue weighted by Gasteiger charge is -2.13. The van der Waals surface area contributed by atoms with Gasteiger partial charge in [-0.05, 0) is 6.92 Å². The Hall–Kier alpha value is -0.170. The van der Waals surface area contributed by atoms with E-state index in [1.54, 1.807) is 6.92 Å². The van der Waals surface area contributed by atoms with Crippen LogP contribution in [0.3, 0.4) is 0 Å². The molecule has 0 aliphatic carbocycles. The Balaban J connectivity index is 2.51. The van der Waals surface area contributed by atoms with E-state index < -0.39 is 22.2 Å². The van der Waals surface area contributed by atoms with Crippen LogP contribution >= 0.6 is 0 Å². The highest BCUT2D eigenvalue weighted by Crippen LogP contribution is 2.06. The Morgan fingerprint density at radius 3 is 2.67 bits per heavy atom. The molecular weight excluding hydrogens is 182 g/mol. The molecule has 0 aromatic carbocycles. The van der Waals surface area contributed by atoms with Crippen molar-refractivity contribution in [2.45, 2.75) is 19.1 Å². The molecule has 0 saturated carbocycles. The molecule has 12 heavy (non-hydrogen) atoms. The minimum Gasteiger partial charge on any atom is -0.389 e. The summed E-state index contributed by atoms with van der Waals surface area (Å²) in [7, 11) is -3.23. The highest BCUT2D eigenvalue weighted by Gasteiger charge is 2.29. The first kappa shape index (κ1) is 9.91. The standard InChI is InChI=1S/C6H13NO4S/c1-2-12(9,10)7-5-3-11-4-6(5)8/h5-8H,2-4H2,1H3. The van der Waals surface area contributed by atoms with Crippen molar-refractivity contribution in [2.24, 2.45) is 0 Å². The van der Waals surface area contributed by atoms with E-state index in [4.69, 9.17) is 4.74 Å². The SMILES string of the molecule is CCS(=O)(=O)NC1COCC1O. The molecule has 5 nitrogen and oxygen atoms in total. The van der Waals surface area contributed by atoms with Crippen LogP contribution in [0.5, 0.6) is 0 Å². The lowest BCUT2D eigenvalue weighted by molar-refractivity contribution is 0.124. The zero-order valence-electron chi connectivity index (χ0n) is 6.86. The molecule has 0 amide bonds. The van der Waals surface area contributed by atoms with Crippen LogP contribution in [0.1, 0.15) is 6.92 Å². The molecule has 1 saturated heterocycles. The zero-order valence-corrected chi connectivity index (χ0v) is 7.67. The van der Waals surface area contributed by atoms with Crippen LogP contribution < -0.4 is 4.72 Å². The van der Waals surface area contributed by atoms with E-state index in [2.05, 4.69) is 4.72 Å². The average Bonchev–Trinajstić information content (AvgIpc) is 2.36. The zero-order chi connectivity index (χ0) is 9.19. The van der Waals surface area contributed by atoms with E-state index in [0.717, 1.165) is 0 Å². The Bertz CT molecular complexity index is 238. The Kier molecular flexibility index (Phi) is 3.05. The van der Waals surface area contributed by atoms with Crippen molar-refractivity contribution in [3.63, 3.8) is 0 Å². The summed E-state index contributed by atoms with van der Waals surface area (Å²) < 4.78 is 29.3. The van der Waals surface area contributed by atoms with Gasteiger partial charge in [-0.15, -0.1) is 0 Å². The van der Waals surface area contributed by atoms with Gasteiger partial charge >= 0.3 is 0 Å². The van der Waals surface area contributed by atoms with Gasteiger partial charge in [-0.1, -0.05) is 0 Å². The number of aliphatic hydroxyl groups is 1. The van der Waals surface area contributed by atoms with E-state index in [9.17, 15) is 13.5 Å². The van der Waals surface area contributed by atoms with Crippen LogP contribution in [0.4, 0.5) is 0 Å². The smallest absolute Gasteiger partial charge is 0.211 e. The number of hydrogen-bond acceptors (Lipinski definition) is 4. The molecule has 0 aromatic heterocycles. The summed E-state index contributed by atoms with van der Waals surface area (Å²) in [6.07, 6.45) is -0.716. The van der Waals surface area contributed by atoms with E-state index in [-0.39, 0.29) is 19.0 Å². The van der Waals surface area contributed by atoms with Crippen LogP contribution in [0, 0.1) is 0 Å². The topological polar surface area (TPSA) is 75.6 Å². The Morgan fingerprint density at radius 2 is 2.25 bits per heavy atom. The molecule has 0 aromatic rings. The highest BCUT2D eigenvalue weighted by atomic mass is 32.2. The maximum atomic E-state index is 11.0. The van der Waals surface area contributed by atoms with Gasteiger partial charge in [0.25, 0.3) is 0 Å². The first-order valence-corrected chi connectivity index (χ1v) is 5.46. The third kappa shape index (κ3) is 2.41. The van der Waals surface area contributed by atoms with E-state index in [1.807, 2.05) is 0 Å². The second-order valence-corrected chi connectivity index (χ2v) is 4.78. The van der Waals surface area contributed by atoms with Gasteiger partial charge in [-0.2, -0.15) is 0 Å². The van der Waals surface area contributed by atoms with Crippen molar-refractivity contribution in [2.75, 3.05) is 19.0 Å². The molecule has 2 atom stereocenters. The molecular formula is C6H13NO4S. The predicted octanol–water partition coefficient (Wildman–Crippen LogP) is -1.31. The maximum absolute atomic E-state index is 11.0. The molecule has 1 aliphatic rings. The van der Waals surface area contributed by atoms with Crippen molar-refractivity contribution in [1.29, 1.82) is 0 Å². The van der Waals surface area contributed by atoms with Gasteiger partial charge in [0.2, 0.25) is 10.0 Å². The minimum absolute atomic E-state index is 0.0240. The molecule has 1 aliphatic heterocycles. The molecule has 0 spiro atoms.